The molecular weight excluding hydrogens is 216 g/mol. The van der Waals surface area contributed by atoms with Crippen LogP contribution in [0.2, 0.25) is 0 Å². The second kappa shape index (κ2) is 9.42. The highest BCUT2D eigenvalue weighted by atomic mass is 16.3. The van der Waals surface area contributed by atoms with E-state index in [-0.39, 0.29) is 17.9 Å². The van der Waals surface area contributed by atoms with Gasteiger partial charge in [-0.2, -0.15) is 0 Å². The Kier molecular flexibility index (Phi) is 9.09. The summed E-state index contributed by atoms with van der Waals surface area (Å²) < 4.78 is 0. The van der Waals surface area contributed by atoms with Crippen LogP contribution in [0.25, 0.3) is 0 Å². The van der Waals surface area contributed by atoms with Crippen molar-refractivity contribution in [1.29, 1.82) is 0 Å². The zero-order valence-corrected chi connectivity index (χ0v) is 11.4. The van der Waals surface area contributed by atoms with Gasteiger partial charge in [-0.3, -0.25) is 4.79 Å². The number of aliphatic hydroxyl groups excluding tert-OH is 1. The maximum absolute atomic E-state index is 11.5. The number of nitrogens with one attached hydrogen (secondary N) is 1. The van der Waals surface area contributed by atoms with Gasteiger partial charge >= 0.3 is 0 Å². The summed E-state index contributed by atoms with van der Waals surface area (Å²) in [4.78, 5) is 11.5. The fourth-order valence-electron chi connectivity index (χ4n) is 2.00. The first-order valence-corrected chi connectivity index (χ1v) is 6.75. The maximum Gasteiger partial charge on any atom is 0.221 e. The third-order valence-corrected chi connectivity index (χ3v) is 3.21. The first kappa shape index (κ1) is 16.4. The lowest BCUT2D eigenvalue weighted by molar-refractivity contribution is -0.122. The van der Waals surface area contributed by atoms with Crippen LogP contribution in [0.3, 0.4) is 0 Å². The van der Waals surface area contributed by atoms with E-state index in [0.29, 0.717) is 13.0 Å². The molecular formula is C13H28N2O2. The normalized spacial score (nSPS) is 14.7. The number of aliphatic hydroxyl groups is 1. The molecule has 0 rings (SSSR count). The van der Waals surface area contributed by atoms with Gasteiger partial charge in [0, 0.05) is 19.0 Å². The molecule has 0 aliphatic rings. The molecule has 17 heavy (non-hydrogen) atoms. The minimum atomic E-state index is -0.448. The molecule has 0 aromatic rings. The molecule has 0 saturated carbocycles. The van der Waals surface area contributed by atoms with Crippen LogP contribution in [-0.4, -0.2) is 29.7 Å². The molecule has 2 unspecified atom stereocenters. The summed E-state index contributed by atoms with van der Waals surface area (Å²) in [6, 6.07) is -0.0645. The number of carbonyl (C=O) groups excluding carboxylic acids is 1. The molecule has 0 fully saturated rings. The molecule has 0 bridgehead atoms. The fourth-order valence-corrected chi connectivity index (χ4v) is 2.00. The summed E-state index contributed by atoms with van der Waals surface area (Å²) in [6.07, 6.45) is 3.62. The van der Waals surface area contributed by atoms with E-state index >= 15 is 0 Å². The second-order valence-corrected chi connectivity index (χ2v) is 4.70. The summed E-state index contributed by atoms with van der Waals surface area (Å²) in [7, 11) is 0. The Morgan fingerprint density at radius 2 is 1.88 bits per heavy atom. The van der Waals surface area contributed by atoms with E-state index in [2.05, 4.69) is 26.1 Å². The predicted octanol–water partition coefficient (Wildman–Crippen LogP) is 1.42. The number of amides is 1. The quantitative estimate of drug-likeness (QED) is 0.574. The van der Waals surface area contributed by atoms with Crippen LogP contribution >= 0.6 is 0 Å². The van der Waals surface area contributed by atoms with Gasteiger partial charge in [-0.25, -0.2) is 0 Å². The van der Waals surface area contributed by atoms with Crippen molar-refractivity contribution in [3.05, 3.63) is 0 Å². The highest BCUT2D eigenvalue weighted by molar-refractivity contribution is 5.76. The lowest BCUT2D eigenvalue weighted by Gasteiger charge is -2.20. The summed E-state index contributed by atoms with van der Waals surface area (Å²) in [6.45, 7) is 6.49. The summed E-state index contributed by atoms with van der Waals surface area (Å²) in [5, 5.41) is 12.6. The molecule has 4 N–H and O–H groups in total. The van der Waals surface area contributed by atoms with E-state index in [0.717, 1.165) is 25.7 Å². The molecule has 0 saturated heterocycles. The van der Waals surface area contributed by atoms with Crippen LogP contribution in [-0.2, 0) is 4.79 Å². The first-order valence-electron chi connectivity index (χ1n) is 6.75. The minimum Gasteiger partial charge on any atom is -0.391 e. The van der Waals surface area contributed by atoms with Gasteiger partial charge in [0.25, 0.3) is 0 Å². The maximum atomic E-state index is 11.5. The Labute approximate surface area is 105 Å². The molecule has 4 heteroatoms. The van der Waals surface area contributed by atoms with E-state index < -0.39 is 6.10 Å². The molecule has 0 radical (unpaired) electrons. The Morgan fingerprint density at radius 3 is 2.35 bits per heavy atom. The van der Waals surface area contributed by atoms with Gasteiger partial charge in [0.2, 0.25) is 5.91 Å². The van der Waals surface area contributed by atoms with E-state index in [4.69, 9.17) is 5.73 Å². The zero-order valence-electron chi connectivity index (χ0n) is 11.4. The first-order chi connectivity index (χ1) is 8.04. The molecule has 0 heterocycles. The Balaban J connectivity index is 3.83. The number of hydrogen-bond donors (Lipinski definition) is 3. The highest BCUT2D eigenvalue weighted by Crippen LogP contribution is 2.12. The van der Waals surface area contributed by atoms with Gasteiger partial charge in [-0.1, -0.05) is 40.0 Å². The number of hydrogen-bond acceptors (Lipinski definition) is 3. The van der Waals surface area contributed by atoms with Gasteiger partial charge < -0.3 is 16.2 Å². The van der Waals surface area contributed by atoms with Crippen LogP contribution in [0.15, 0.2) is 0 Å². The summed E-state index contributed by atoms with van der Waals surface area (Å²) in [5.74, 6) is 0.204. The van der Waals surface area contributed by atoms with Gasteiger partial charge in [0.15, 0.2) is 0 Å². The van der Waals surface area contributed by atoms with Crippen molar-refractivity contribution in [3.8, 4) is 0 Å². The van der Waals surface area contributed by atoms with Gasteiger partial charge in [-0.05, 0) is 12.3 Å². The second-order valence-electron chi connectivity index (χ2n) is 4.70. The van der Waals surface area contributed by atoms with Crippen molar-refractivity contribution in [2.45, 2.75) is 65.0 Å². The predicted molar refractivity (Wildman–Crippen MR) is 70.6 cm³/mol. The summed E-state index contributed by atoms with van der Waals surface area (Å²) in [5.41, 5.74) is 5.78. The average Bonchev–Trinajstić information content (AvgIpc) is 2.28. The number of rotatable bonds is 9. The van der Waals surface area contributed by atoms with E-state index in [1.807, 2.05) is 0 Å². The number of nitrogens with two attached hydrogens (primary N) is 1. The molecule has 102 valence electrons. The Morgan fingerprint density at radius 1 is 1.29 bits per heavy atom. The zero-order chi connectivity index (χ0) is 13.3. The molecule has 0 spiro atoms. The SMILES string of the molecule is CCCC(N)CC(=O)NCC(O)C(CC)CC. The van der Waals surface area contributed by atoms with Crippen LogP contribution in [0.4, 0.5) is 0 Å². The molecule has 0 aromatic heterocycles. The molecule has 1 amide bonds. The van der Waals surface area contributed by atoms with Crippen LogP contribution in [0, 0.1) is 5.92 Å². The van der Waals surface area contributed by atoms with E-state index in [1.54, 1.807) is 0 Å². The lowest BCUT2D eigenvalue weighted by Crippen LogP contribution is -2.38. The average molecular weight is 244 g/mol. The Bertz CT molecular complexity index is 206. The van der Waals surface area contributed by atoms with Crippen molar-refractivity contribution in [3.63, 3.8) is 0 Å². The Hall–Kier alpha value is -0.610. The van der Waals surface area contributed by atoms with Crippen LogP contribution in [0.5, 0.6) is 0 Å². The minimum absolute atomic E-state index is 0.0593. The van der Waals surface area contributed by atoms with Gasteiger partial charge in [0.05, 0.1) is 6.10 Å². The van der Waals surface area contributed by atoms with Crippen LogP contribution < -0.4 is 11.1 Å². The molecule has 2 atom stereocenters. The van der Waals surface area contributed by atoms with Crippen LogP contribution in [0.1, 0.15) is 52.9 Å². The molecule has 0 aromatic carbocycles. The third-order valence-electron chi connectivity index (χ3n) is 3.21. The fraction of sp³-hybridized carbons (Fsp3) is 0.923. The number of carbonyl (C=O) groups is 1. The molecule has 4 nitrogen and oxygen atoms in total. The van der Waals surface area contributed by atoms with Crippen molar-refractivity contribution >= 4 is 5.91 Å². The summed E-state index contributed by atoms with van der Waals surface area (Å²) >= 11 is 0. The molecule has 0 aliphatic heterocycles. The third kappa shape index (κ3) is 7.34. The van der Waals surface area contributed by atoms with E-state index in [9.17, 15) is 9.90 Å². The van der Waals surface area contributed by atoms with Crippen molar-refractivity contribution in [1.82, 2.24) is 5.32 Å². The van der Waals surface area contributed by atoms with Gasteiger partial charge in [-0.15, -0.1) is 0 Å². The monoisotopic (exact) mass is 244 g/mol. The standard InChI is InChI=1S/C13H28N2O2/c1-4-7-11(14)8-13(17)15-9-12(16)10(5-2)6-3/h10-12,16H,4-9,14H2,1-3H3,(H,15,17). The largest absolute Gasteiger partial charge is 0.391 e. The van der Waals surface area contributed by atoms with Crippen molar-refractivity contribution < 1.29 is 9.90 Å². The van der Waals surface area contributed by atoms with Crippen molar-refractivity contribution in [2.24, 2.45) is 11.7 Å². The smallest absolute Gasteiger partial charge is 0.221 e. The van der Waals surface area contributed by atoms with Gasteiger partial charge in [0.1, 0.15) is 0 Å². The topological polar surface area (TPSA) is 75.4 Å². The van der Waals surface area contributed by atoms with Crippen molar-refractivity contribution in [2.75, 3.05) is 6.54 Å². The highest BCUT2D eigenvalue weighted by Gasteiger charge is 2.16. The molecule has 0 aliphatic carbocycles. The van der Waals surface area contributed by atoms with E-state index in [1.165, 1.54) is 0 Å². The lowest BCUT2D eigenvalue weighted by atomic mass is 9.96.